The zero-order valence-corrected chi connectivity index (χ0v) is 28.5. The van der Waals surface area contributed by atoms with E-state index in [1.165, 1.54) is 6.07 Å². The van der Waals surface area contributed by atoms with E-state index in [2.05, 4.69) is 28.8 Å². The highest BCUT2D eigenvalue weighted by Crippen LogP contribution is 2.44. The molecule has 9 aromatic carbocycles. The Morgan fingerprint density at radius 3 is 1.59 bits per heavy atom. The van der Waals surface area contributed by atoms with E-state index in [4.69, 9.17) is 20.6 Å². The van der Waals surface area contributed by atoms with Crippen LogP contribution in [0.4, 0.5) is 17.1 Å². The minimum atomic E-state index is -0.605. The maximum Gasteiger partial charge on any atom is 0.0629 e. The van der Waals surface area contributed by atoms with Crippen molar-refractivity contribution in [1.82, 2.24) is 4.57 Å². The van der Waals surface area contributed by atoms with Crippen LogP contribution in [0.15, 0.2) is 218 Å². The highest BCUT2D eigenvalue weighted by atomic mass is 15.1. The largest absolute Gasteiger partial charge is 0.310 e. The fourth-order valence-electron chi connectivity index (χ4n) is 7.21. The van der Waals surface area contributed by atoms with E-state index < -0.39 is 78.6 Å². The van der Waals surface area contributed by atoms with Gasteiger partial charge < -0.3 is 9.47 Å². The third kappa shape index (κ3) is 5.62. The molecule has 0 fully saturated rings. The molecule has 0 unspecified atom stereocenters. The summed E-state index contributed by atoms with van der Waals surface area (Å²) in [5, 5.41) is 4.03. The van der Waals surface area contributed by atoms with Gasteiger partial charge in [0.15, 0.2) is 0 Å². The van der Waals surface area contributed by atoms with Crippen molar-refractivity contribution in [2.75, 3.05) is 4.90 Å². The van der Waals surface area contributed by atoms with Crippen molar-refractivity contribution in [2.45, 2.75) is 0 Å². The molecular weight excluding hydrogens is 653 g/mol. The second kappa shape index (κ2) is 13.4. The van der Waals surface area contributed by atoms with Crippen LogP contribution in [0.2, 0.25) is 0 Å². The SMILES string of the molecule is [2H]c1c([2H])c([2H])c(-c2ccc(N(c3cc(-c4c([2H])c([2H])c([2H])c([2H])c4[2H])cc(-c4c([2H])c([2H])c([2H])c([2H])c4[2H])c3)c3ccc4c5c6ccccc6ccc5n(-c5ccccc5)c4c3)cc2)c([2H])c1[2H]. The Morgan fingerprint density at radius 2 is 0.944 bits per heavy atom. The molecule has 0 aliphatic rings. The van der Waals surface area contributed by atoms with Crippen molar-refractivity contribution in [3.63, 3.8) is 0 Å². The topological polar surface area (TPSA) is 8.17 Å². The van der Waals surface area contributed by atoms with Crippen LogP contribution in [0.5, 0.6) is 0 Å². The Balaban J connectivity index is 1.31. The van der Waals surface area contributed by atoms with Gasteiger partial charge in [-0.3, -0.25) is 0 Å². The Morgan fingerprint density at radius 1 is 0.370 bits per heavy atom. The number of anilines is 3. The monoisotopic (exact) mass is 703 g/mol. The van der Waals surface area contributed by atoms with Crippen LogP contribution in [0, 0.1) is 0 Å². The summed E-state index contributed by atoms with van der Waals surface area (Å²) in [6.07, 6.45) is 0. The Bertz CT molecular complexity index is 3620. The average molecular weight is 704 g/mol. The third-order valence-corrected chi connectivity index (χ3v) is 9.58. The molecule has 0 amide bonds. The molecular formula is C52H36N2. The summed E-state index contributed by atoms with van der Waals surface area (Å²) >= 11 is 0. The number of aromatic nitrogens is 1. The van der Waals surface area contributed by atoms with Gasteiger partial charge in [-0.1, -0.05) is 157 Å². The van der Waals surface area contributed by atoms with Gasteiger partial charge in [-0.05, 0) is 105 Å². The summed E-state index contributed by atoms with van der Waals surface area (Å²) in [7, 11) is 0. The number of benzene rings is 9. The van der Waals surface area contributed by atoms with Crippen molar-refractivity contribution in [3.05, 3.63) is 218 Å². The predicted octanol–water partition coefficient (Wildman–Crippen LogP) is 14.4. The summed E-state index contributed by atoms with van der Waals surface area (Å²) in [4.78, 5) is 1.81. The maximum atomic E-state index is 9.01. The summed E-state index contributed by atoms with van der Waals surface area (Å²) < 4.78 is 131. The lowest BCUT2D eigenvalue weighted by atomic mass is 9.97. The molecule has 54 heavy (non-hydrogen) atoms. The van der Waals surface area contributed by atoms with E-state index in [0.29, 0.717) is 22.6 Å². The van der Waals surface area contributed by atoms with Crippen LogP contribution >= 0.6 is 0 Å². The van der Waals surface area contributed by atoms with E-state index in [1.807, 2.05) is 65.6 Å². The van der Waals surface area contributed by atoms with Crippen LogP contribution in [-0.2, 0) is 0 Å². The minimum Gasteiger partial charge on any atom is -0.310 e. The first-order chi connectivity index (χ1) is 33.0. The van der Waals surface area contributed by atoms with Crippen LogP contribution in [-0.4, -0.2) is 4.57 Å². The lowest BCUT2D eigenvalue weighted by Crippen LogP contribution is -2.10. The minimum absolute atomic E-state index is 0.00761. The molecule has 0 radical (unpaired) electrons. The Hall–Kier alpha value is -7.16. The number of rotatable bonds is 7. The smallest absolute Gasteiger partial charge is 0.0629 e. The molecule has 0 aliphatic heterocycles. The van der Waals surface area contributed by atoms with Gasteiger partial charge in [-0.15, -0.1) is 0 Å². The van der Waals surface area contributed by atoms with Crippen molar-refractivity contribution < 1.29 is 20.6 Å². The van der Waals surface area contributed by atoms with Crippen molar-refractivity contribution in [1.29, 1.82) is 0 Å². The van der Waals surface area contributed by atoms with Gasteiger partial charge in [-0.25, -0.2) is 0 Å². The number of nitrogens with zero attached hydrogens (tertiary/aromatic N) is 2. The molecule has 2 heteroatoms. The van der Waals surface area contributed by atoms with Gasteiger partial charge in [0, 0.05) is 33.5 Å². The number of para-hydroxylation sites is 1. The number of hydrogen-bond donors (Lipinski definition) is 0. The maximum absolute atomic E-state index is 9.01. The molecule has 2 nitrogen and oxygen atoms in total. The predicted molar refractivity (Wildman–Crippen MR) is 229 cm³/mol. The molecule has 0 saturated carbocycles. The summed E-state index contributed by atoms with van der Waals surface area (Å²) in [6, 6.07) is 31.4. The molecule has 0 N–H and O–H groups in total. The molecule has 254 valence electrons. The van der Waals surface area contributed by atoms with Crippen molar-refractivity contribution in [3.8, 4) is 39.1 Å². The summed E-state index contributed by atoms with van der Waals surface area (Å²) in [5.41, 5.74) is 4.08. The standard InChI is InChI=1S/C52H36N2/c1-5-15-37(16-6-1)40-25-28-45(29-26-40)53(47-34-42(38-17-7-2-8-18-38)33-43(35-47)39-19-9-3-10-20-39)46-30-31-49-51(36-46)54(44-22-11-4-12-23-44)50-32-27-41-21-13-14-24-48(41)52(49)50/h1-36H/i1D,2D,3D,5D,6D,7D,8D,9D,10D,15D,16D,17D,18D,19D,20D. The lowest BCUT2D eigenvalue weighted by Gasteiger charge is -2.27. The zero-order valence-electron chi connectivity index (χ0n) is 43.5. The fourth-order valence-corrected chi connectivity index (χ4v) is 7.21. The van der Waals surface area contributed by atoms with E-state index in [1.54, 1.807) is 36.4 Å². The molecule has 0 spiro atoms. The van der Waals surface area contributed by atoms with Crippen molar-refractivity contribution >= 4 is 49.6 Å². The van der Waals surface area contributed by atoms with E-state index >= 15 is 0 Å². The normalized spacial score (nSPS) is 15.2. The third-order valence-electron chi connectivity index (χ3n) is 9.58. The van der Waals surface area contributed by atoms with Gasteiger partial charge in [0.05, 0.1) is 31.6 Å². The van der Waals surface area contributed by atoms with Gasteiger partial charge in [0.2, 0.25) is 0 Å². The van der Waals surface area contributed by atoms with Crippen LogP contribution in [0.1, 0.15) is 20.6 Å². The number of hydrogen-bond acceptors (Lipinski definition) is 1. The molecule has 0 saturated heterocycles. The zero-order chi connectivity index (χ0) is 48.9. The molecule has 0 bridgehead atoms. The first-order valence-electron chi connectivity index (χ1n) is 24.8. The number of fused-ring (bicyclic) bond motifs is 5. The second-order valence-electron chi connectivity index (χ2n) is 12.7. The van der Waals surface area contributed by atoms with Crippen LogP contribution in [0.25, 0.3) is 71.6 Å². The highest BCUT2D eigenvalue weighted by molar-refractivity contribution is 6.21. The second-order valence-corrected chi connectivity index (χ2v) is 12.7. The molecule has 10 rings (SSSR count). The fraction of sp³-hybridized carbons (Fsp3) is 0. The van der Waals surface area contributed by atoms with Gasteiger partial charge in [0.1, 0.15) is 0 Å². The Kier molecular flexibility index (Phi) is 4.88. The molecule has 0 aliphatic carbocycles. The highest BCUT2D eigenvalue weighted by Gasteiger charge is 2.20. The molecule has 10 aromatic rings. The van der Waals surface area contributed by atoms with Gasteiger partial charge in [0.25, 0.3) is 0 Å². The van der Waals surface area contributed by atoms with E-state index in [-0.39, 0.29) is 39.9 Å². The lowest BCUT2D eigenvalue weighted by molar-refractivity contribution is 1.18. The van der Waals surface area contributed by atoms with Gasteiger partial charge in [-0.2, -0.15) is 0 Å². The van der Waals surface area contributed by atoms with Gasteiger partial charge >= 0.3 is 0 Å². The van der Waals surface area contributed by atoms with E-state index in [0.717, 1.165) is 38.3 Å². The van der Waals surface area contributed by atoms with Crippen LogP contribution < -0.4 is 4.90 Å². The Labute approximate surface area is 336 Å². The summed E-state index contributed by atoms with van der Waals surface area (Å²) in [5.74, 6) is 0. The first kappa shape index (κ1) is 19.6. The quantitative estimate of drug-likeness (QED) is 0.160. The molecule has 1 aromatic heterocycles. The van der Waals surface area contributed by atoms with E-state index in [9.17, 15) is 0 Å². The summed E-state index contributed by atoms with van der Waals surface area (Å²) in [6.45, 7) is 0. The first-order valence-corrected chi connectivity index (χ1v) is 17.3. The molecule has 1 heterocycles. The average Bonchev–Trinajstić information content (AvgIpc) is 3.70. The van der Waals surface area contributed by atoms with Crippen LogP contribution in [0.3, 0.4) is 0 Å². The molecule has 0 atom stereocenters. The van der Waals surface area contributed by atoms with Crippen molar-refractivity contribution in [2.24, 2.45) is 0 Å².